The summed E-state index contributed by atoms with van der Waals surface area (Å²) in [5.74, 6) is 1.10. The van der Waals surface area contributed by atoms with Gasteiger partial charge in [-0.2, -0.15) is 4.98 Å². The fourth-order valence-electron chi connectivity index (χ4n) is 1.63. The van der Waals surface area contributed by atoms with Gasteiger partial charge >= 0.3 is 0 Å². The highest BCUT2D eigenvalue weighted by Crippen LogP contribution is 2.32. The lowest BCUT2D eigenvalue weighted by Gasteiger charge is -2.09. The summed E-state index contributed by atoms with van der Waals surface area (Å²) < 4.78 is 6.23. The van der Waals surface area contributed by atoms with E-state index in [1.54, 1.807) is 12.1 Å². The molecule has 0 aliphatic carbocycles. The highest BCUT2D eigenvalue weighted by Gasteiger charge is 2.12. The largest absolute Gasteiger partial charge is 0.437 e. The molecule has 2 aromatic rings. The van der Waals surface area contributed by atoms with Gasteiger partial charge in [0.05, 0.1) is 15.5 Å². The lowest BCUT2D eigenvalue weighted by atomic mass is 10.3. The SMILES string of the molecule is CCNc1nc(C)cc(Oc2cc([N+](=O)[O-])ccc2Br)n1. The number of ether oxygens (including phenoxy) is 1. The number of nitrogens with zero attached hydrogens (tertiary/aromatic N) is 3. The van der Waals surface area contributed by atoms with E-state index in [0.29, 0.717) is 28.6 Å². The first kappa shape index (κ1) is 15.2. The van der Waals surface area contributed by atoms with Crippen LogP contribution in [0.25, 0.3) is 0 Å². The van der Waals surface area contributed by atoms with E-state index < -0.39 is 4.92 Å². The maximum Gasteiger partial charge on any atom is 0.273 e. The van der Waals surface area contributed by atoms with E-state index in [9.17, 15) is 10.1 Å². The van der Waals surface area contributed by atoms with Crippen LogP contribution in [-0.2, 0) is 0 Å². The highest BCUT2D eigenvalue weighted by atomic mass is 79.9. The minimum absolute atomic E-state index is 0.0501. The molecule has 0 radical (unpaired) electrons. The van der Waals surface area contributed by atoms with E-state index in [1.165, 1.54) is 12.1 Å². The molecule has 0 atom stereocenters. The number of hydrogen-bond acceptors (Lipinski definition) is 6. The zero-order valence-corrected chi connectivity index (χ0v) is 13.0. The molecule has 21 heavy (non-hydrogen) atoms. The van der Waals surface area contributed by atoms with E-state index in [1.807, 2.05) is 13.8 Å². The molecule has 0 amide bonds. The number of non-ortho nitro benzene ring substituents is 1. The summed E-state index contributed by atoms with van der Waals surface area (Å²) in [6, 6.07) is 5.96. The average Bonchev–Trinajstić information content (AvgIpc) is 2.40. The number of aryl methyl sites for hydroxylation is 1. The van der Waals surface area contributed by atoms with Gasteiger partial charge in [0.15, 0.2) is 5.75 Å². The smallest absolute Gasteiger partial charge is 0.273 e. The Kier molecular flexibility index (Phi) is 4.69. The number of rotatable bonds is 5. The second-order valence-corrected chi connectivity index (χ2v) is 5.03. The average molecular weight is 353 g/mol. The van der Waals surface area contributed by atoms with Crippen LogP contribution in [0.4, 0.5) is 11.6 Å². The van der Waals surface area contributed by atoms with Crippen LogP contribution >= 0.6 is 15.9 Å². The van der Waals surface area contributed by atoms with Crippen LogP contribution in [0.5, 0.6) is 11.6 Å². The van der Waals surface area contributed by atoms with Crippen LogP contribution in [0, 0.1) is 17.0 Å². The van der Waals surface area contributed by atoms with Crippen LogP contribution in [0.15, 0.2) is 28.7 Å². The molecular formula is C13H13BrN4O3. The van der Waals surface area contributed by atoms with Crippen molar-refractivity contribution in [3.05, 3.63) is 44.5 Å². The Bertz CT molecular complexity index is 678. The van der Waals surface area contributed by atoms with Crippen LogP contribution < -0.4 is 10.1 Å². The Balaban J connectivity index is 2.33. The van der Waals surface area contributed by atoms with Crippen molar-refractivity contribution in [1.29, 1.82) is 0 Å². The van der Waals surface area contributed by atoms with Gasteiger partial charge in [-0.3, -0.25) is 10.1 Å². The summed E-state index contributed by atoms with van der Waals surface area (Å²) in [5.41, 5.74) is 0.684. The first-order chi connectivity index (χ1) is 9.99. The summed E-state index contributed by atoms with van der Waals surface area (Å²) in [4.78, 5) is 18.7. The van der Waals surface area contributed by atoms with Gasteiger partial charge in [-0.1, -0.05) is 0 Å². The van der Waals surface area contributed by atoms with Crippen molar-refractivity contribution < 1.29 is 9.66 Å². The second-order valence-electron chi connectivity index (χ2n) is 4.18. The molecule has 7 nitrogen and oxygen atoms in total. The Labute approximate surface area is 129 Å². The number of halogens is 1. The van der Waals surface area contributed by atoms with Crippen LogP contribution in [0.3, 0.4) is 0 Å². The van der Waals surface area contributed by atoms with Gasteiger partial charge in [0.25, 0.3) is 5.69 Å². The molecule has 0 spiro atoms. The summed E-state index contributed by atoms with van der Waals surface area (Å²) in [5, 5.41) is 13.8. The minimum Gasteiger partial charge on any atom is -0.437 e. The van der Waals surface area contributed by atoms with Gasteiger partial charge in [0, 0.05) is 24.4 Å². The Morgan fingerprint density at radius 2 is 2.14 bits per heavy atom. The van der Waals surface area contributed by atoms with E-state index in [4.69, 9.17) is 4.74 Å². The molecule has 8 heteroatoms. The molecule has 0 aliphatic heterocycles. The summed E-state index contributed by atoms with van der Waals surface area (Å²) in [7, 11) is 0. The van der Waals surface area contributed by atoms with Crippen molar-refractivity contribution in [3.8, 4) is 11.6 Å². The standard InChI is InChI=1S/C13H13BrN4O3/c1-3-15-13-16-8(2)6-12(17-13)21-11-7-9(18(19)20)4-5-10(11)14/h4-7H,3H2,1-2H3,(H,15,16,17). The van der Waals surface area contributed by atoms with Gasteiger partial charge in [-0.05, 0) is 35.8 Å². The monoisotopic (exact) mass is 352 g/mol. The first-order valence-corrected chi connectivity index (χ1v) is 7.00. The maximum absolute atomic E-state index is 10.8. The minimum atomic E-state index is -0.478. The number of nitro groups is 1. The lowest BCUT2D eigenvalue weighted by molar-refractivity contribution is -0.384. The summed E-state index contributed by atoms with van der Waals surface area (Å²) in [6.45, 7) is 4.44. The molecule has 0 bridgehead atoms. The van der Waals surface area contributed by atoms with Gasteiger partial charge in [0.2, 0.25) is 11.8 Å². The quantitative estimate of drug-likeness (QED) is 0.651. The molecule has 110 valence electrons. The molecule has 1 aromatic heterocycles. The summed E-state index contributed by atoms with van der Waals surface area (Å²) in [6.07, 6.45) is 0. The lowest BCUT2D eigenvalue weighted by Crippen LogP contribution is -2.04. The number of aromatic nitrogens is 2. The van der Waals surface area contributed by atoms with Gasteiger partial charge < -0.3 is 10.1 Å². The van der Waals surface area contributed by atoms with E-state index >= 15 is 0 Å². The Morgan fingerprint density at radius 1 is 1.38 bits per heavy atom. The second kappa shape index (κ2) is 6.49. The molecule has 0 unspecified atom stereocenters. The molecule has 0 fully saturated rings. The zero-order valence-electron chi connectivity index (χ0n) is 11.5. The van der Waals surface area contributed by atoms with Crippen molar-refractivity contribution >= 4 is 27.6 Å². The predicted octanol–water partition coefficient (Wildman–Crippen LogP) is 3.68. The Morgan fingerprint density at radius 3 is 2.81 bits per heavy atom. The van der Waals surface area contributed by atoms with Crippen LogP contribution in [0.2, 0.25) is 0 Å². The maximum atomic E-state index is 10.8. The normalized spacial score (nSPS) is 10.2. The van der Waals surface area contributed by atoms with Crippen LogP contribution in [-0.4, -0.2) is 21.4 Å². The highest BCUT2D eigenvalue weighted by molar-refractivity contribution is 9.10. The third-order valence-corrected chi connectivity index (χ3v) is 3.16. The van der Waals surface area contributed by atoms with Gasteiger partial charge in [0.1, 0.15) is 0 Å². The predicted molar refractivity (Wildman–Crippen MR) is 81.8 cm³/mol. The van der Waals surface area contributed by atoms with E-state index in [0.717, 1.165) is 5.69 Å². The van der Waals surface area contributed by atoms with Crippen molar-refractivity contribution in [2.45, 2.75) is 13.8 Å². The molecule has 2 rings (SSSR count). The van der Waals surface area contributed by atoms with Gasteiger partial charge in [-0.25, -0.2) is 4.98 Å². The zero-order chi connectivity index (χ0) is 15.4. The van der Waals surface area contributed by atoms with Crippen LogP contribution in [0.1, 0.15) is 12.6 Å². The van der Waals surface area contributed by atoms with Gasteiger partial charge in [-0.15, -0.1) is 0 Å². The van der Waals surface area contributed by atoms with E-state index in [2.05, 4.69) is 31.2 Å². The molecule has 0 saturated heterocycles. The number of nitrogens with one attached hydrogen (secondary N) is 1. The molecule has 1 N–H and O–H groups in total. The van der Waals surface area contributed by atoms with E-state index in [-0.39, 0.29) is 5.69 Å². The molecule has 0 aliphatic rings. The summed E-state index contributed by atoms with van der Waals surface area (Å²) >= 11 is 3.30. The number of nitro benzene ring substituents is 1. The number of anilines is 1. The fourth-order valence-corrected chi connectivity index (χ4v) is 1.95. The number of benzene rings is 1. The molecule has 0 saturated carbocycles. The number of hydrogen-bond donors (Lipinski definition) is 1. The third-order valence-electron chi connectivity index (χ3n) is 2.51. The fraction of sp³-hybridized carbons (Fsp3) is 0.231. The topological polar surface area (TPSA) is 90.2 Å². The van der Waals surface area contributed by atoms with Crippen molar-refractivity contribution in [2.75, 3.05) is 11.9 Å². The van der Waals surface area contributed by atoms with Crippen molar-refractivity contribution in [2.24, 2.45) is 0 Å². The van der Waals surface area contributed by atoms with Crippen molar-refractivity contribution in [3.63, 3.8) is 0 Å². The molecule has 1 aromatic carbocycles. The van der Waals surface area contributed by atoms with Crippen molar-refractivity contribution in [1.82, 2.24) is 9.97 Å². The first-order valence-electron chi connectivity index (χ1n) is 6.21. The molecular weight excluding hydrogens is 340 g/mol. The molecule has 1 heterocycles. The Hall–Kier alpha value is -2.22. The third kappa shape index (κ3) is 3.88.